The summed E-state index contributed by atoms with van der Waals surface area (Å²) in [6.07, 6.45) is -0.710. The first-order valence-corrected chi connectivity index (χ1v) is 7.69. The first-order chi connectivity index (χ1) is 12.1. The Kier molecular flexibility index (Phi) is 4.23. The van der Waals surface area contributed by atoms with Crippen molar-refractivity contribution in [2.75, 3.05) is 12.3 Å². The zero-order valence-electron chi connectivity index (χ0n) is 13.5. The number of hydrogen-bond donors (Lipinski definition) is 1. The Hall–Kier alpha value is -3.59. The number of nitrogens with two attached hydrogens (primary N) is 1. The van der Waals surface area contributed by atoms with E-state index >= 15 is 0 Å². The van der Waals surface area contributed by atoms with Gasteiger partial charge in [0.25, 0.3) is 0 Å². The number of aromatic nitrogens is 1. The van der Waals surface area contributed by atoms with Gasteiger partial charge in [-0.25, -0.2) is 9.36 Å². The van der Waals surface area contributed by atoms with E-state index in [0.29, 0.717) is 22.0 Å². The van der Waals surface area contributed by atoms with Crippen LogP contribution in [0.15, 0.2) is 48.5 Å². The largest absolute Gasteiger partial charge is 0.449 e. The summed E-state index contributed by atoms with van der Waals surface area (Å²) in [6.45, 7) is 1.82. The van der Waals surface area contributed by atoms with Gasteiger partial charge in [0.05, 0.1) is 29.4 Å². The van der Waals surface area contributed by atoms with Gasteiger partial charge < -0.3 is 10.5 Å². The minimum atomic E-state index is -0.710. The maximum Gasteiger partial charge on any atom is 0.419 e. The van der Waals surface area contributed by atoms with Crippen LogP contribution in [0, 0.1) is 11.3 Å². The molecule has 1 heterocycles. The molecule has 0 saturated carbocycles. The lowest BCUT2D eigenvalue weighted by Gasteiger charge is -2.09. The van der Waals surface area contributed by atoms with Crippen molar-refractivity contribution in [3.63, 3.8) is 0 Å². The van der Waals surface area contributed by atoms with Gasteiger partial charge in [0.1, 0.15) is 5.69 Å². The summed E-state index contributed by atoms with van der Waals surface area (Å²) in [6, 6.07) is 15.3. The van der Waals surface area contributed by atoms with Crippen LogP contribution in [-0.4, -0.2) is 23.1 Å². The second-order valence-corrected chi connectivity index (χ2v) is 5.34. The van der Waals surface area contributed by atoms with E-state index in [9.17, 15) is 9.59 Å². The molecule has 1 aromatic heterocycles. The SMILES string of the molecule is CCOC(=O)n1c(C(=O)c2ccccc2)c(N)c2ccc(C#N)cc21. The van der Waals surface area contributed by atoms with E-state index in [2.05, 4.69) is 0 Å². The monoisotopic (exact) mass is 333 g/mol. The zero-order chi connectivity index (χ0) is 18.0. The van der Waals surface area contributed by atoms with E-state index in [0.717, 1.165) is 4.57 Å². The molecular weight excluding hydrogens is 318 g/mol. The summed E-state index contributed by atoms with van der Waals surface area (Å²) in [7, 11) is 0. The number of hydrogen-bond acceptors (Lipinski definition) is 5. The highest BCUT2D eigenvalue weighted by Gasteiger charge is 2.26. The molecule has 0 amide bonds. The lowest BCUT2D eigenvalue weighted by Crippen LogP contribution is -2.20. The van der Waals surface area contributed by atoms with Gasteiger partial charge in [-0.1, -0.05) is 30.3 Å². The smallest absolute Gasteiger partial charge is 0.419 e. The Morgan fingerprint density at radius 1 is 1.20 bits per heavy atom. The summed E-state index contributed by atoms with van der Waals surface area (Å²) in [5.74, 6) is -0.388. The van der Waals surface area contributed by atoms with Crippen molar-refractivity contribution in [2.24, 2.45) is 0 Å². The fourth-order valence-corrected chi connectivity index (χ4v) is 2.71. The van der Waals surface area contributed by atoms with E-state index in [1.807, 2.05) is 6.07 Å². The van der Waals surface area contributed by atoms with Crippen LogP contribution < -0.4 is 5.73 Å². The Balaban J connectivity index is 2.32. The number of anilines is 1. The van der Waals surface area contributed by atoms with Crippen LogP contribution in [0.25, 0.3) is 10.9 Å². The molecule has 0 fully saturated rings. The first kappa shape index (κ1) is 16.3. The van der Waals surface area contributed by atoms with E-state index in [-0.39, 0.29) is 23.8 Å². The third kappa shape index (κ3) is 2.72. The molecule has 0 aliphatic heterocycles. The van der Waals surface area contributed by atoms with Gasteiger partial charge in [-0.3, -0.25) is 4.79 Å². The molecule has 124 valence electrons. The Morgan fingerprint density at radius 3 is 2.56 bits per heavy atom. The molecular formula is C19H15N3O3. The van der Waals surface area contributed by atoms with Crippen LogP contribution in [0.3, 0.4) is 0 Å². The number of benzene rings is 2. The van der Waals surface area contributed by atoms with Crippen molar-refractivity contribution in [2.45, 2.75) is 6.92 Å². The highest BCUT2D eigenvalue weighted by Crippen LogP contribution is 2.31. The quantitative estimate of drug-likeness (QED) is 0.741. The van der Waals surface area contributed by atoms with E-state index in [1.54, 1.807) is 49.4 Å². The standard InChI is InChI=1S/C19H15N3O3/c1-2-25-19(24)22-15-10-12(11-20)8-9-14(15)16(21)17(22)18(23)13-6-4-3-5-7-13/h3-10H,2,21H2,1H3. The third-order valence-electron chi connectivity index (χ3n) is 3.84. The normalized spacial score (nSPS) is 10.4. The highest BCUT2D eigenvalue weighted by molar-refractivity contribution is 6.18. The maximum atomic E-state index is 12.9. The average Bonchev–Trinajstić information content (AvgIpc) is 2.94. The molecule has 0 saturated heterocycles. The summed E-state index contributed by atoms with van der Waals surface area (Å²) >= 11 is 0. The van der Waals surface area contributed by atoms with Crippen LogP contribution in [0.4, 0.5) is 10.5 Å². The molecule has 6 heteroatoms. The lowest BCUT2D eigenvalue weighted by molar-refractivity contribution is 0.102. The van der Waals surface area contributed by atoms with E-state index < -0.39 is 6.09 Å². The lowest BCUT2D eigenvalue weighted by atomic mass is 10.1. The number of fused-ring (bicyclic) bond motifs is 1. The van der Waals surface area contributed by atoms with Crippen LogP contribution in [0.2, 0.25) is 0 Å². The number of carbonyl (C=O) groups excluding carboxylic acids is 2. The molecule has 0 unspecified atom stereocenters. The zero-order valence-corrected chi connectivity index (χ0v) is 13.5. The predicted octanol–water partition coefficient (Wildman–Crippen LogP) is 3.33. The minimum absolute atomic E-state index is 0.0368. The van der Waals surface area contributed by atoms with Crippen LogP contribution >= 0.6 is 0 Å². The van der Waals surface area contributed by atoms with Gasteiger partial charge >= 0.3 is 6.09 Å². The number of carbonyl (C=O) groups is 2. The van der Waals surface area contributed by atoms with E-state index in [4.69, 9.17) is 15.7 Å². The molecule has 0 radical (unpaired) electrons. The molecule has 2 aromatic carbocycles. The van der Waals surface area contributed by atoms with Crippen LogP contribution in [0.5, 0.6) is 0 Å². The second-order valence-electron chi connectivity index (χ2n) is 5.34. The van der Waals surface area contributed by atoms with Gasteiger partial charge in [-0.05, 0) is 25.1 Å². The minimum Gasteiger partial charge on any atom is -0.449 e. The van der Waals surface area contributed by atoms with Gasteiger partial charge in [0.15, 0.2) is 0 Å². The number of nitrogen functional groups attached to an aromatic ring is 1. The highest BCUT2D eigenvalue weighted by atomic mass is 16.5. The van der Waals surface area contributed by atoms with Crippen molar-refractivity contribution >= 4 is 28.5 Å². The Labute approximate surface area is 144 Å². The number of nitrogens with zero attached hydrogens (tertiary/aromatic N) is 2. The fourth-order valence-electron chi connectivity index (χ4n) is 2.71. The van der Waals surface area contributed by atoms with Gasteiger partial charge in [0, 0.05) is 10.9 Å². The van der Waals surface area contributed by atoms with Crippen molar-refractivity contribution in [3.8, 4) is 6.07 Å². The van der Waals surface area contributed by atoms with Crippen LogP contribution in [-0.2, 0) is 4.74 Å². The topological polar surface area (TPSA) is 98.1 Å². The number of ketones is 1. The Bertz CT molecular complexity index is 1010. The van der Waals surface area contributed by atoms with Crippen molar-refractivity contribution in [1.29, 1.82) is 5.26 Å². The molecule has 3 aromatic rings. The first-order valence-electron chi connectivity index (χ1n) is 7.69. The molecule has 3 rings (SSSR count). The molecule has 0 bridgehead atoms. The van der Waals surface area contributed by atoms with Crippen molar-refractivity contribution in [1.82, 2.24) is 4.57 Å². The van der Waals surface area contributed by atoms with Gasteiger partial charge in [-0.15, -0.1) is 0 Å². The van der Waals surface area contributed by atoms with E-state index in [1.165, 1.54) is 6.07 Å². The fraction of sp³-hybridized carbons (Fsp3) is 0.105. The molecule has 0 spiro atoms. The van der Waals surface area contributed by atoms with Gasteiger partial charge in [0.2, 0.25) is 5.78 Å². The predicted molar refractivity (Wildman–Crippen MR) is 93.4 cm³/mol. The second kappa shape index (κ2) is 6.49. The Morgan fingerprint density at radius 2 is 1.92 bits per heavy atom. The molecule has 2 N–H and O–H groups in total. The van der Waals surface area contributed by atoms with Crippen molar-refractivity contribution in [3.05, 3.63) is 65.4 Å². The molecule has 0 atom stereocenters. The molecule has 0 aliphatic rings. The summed E-state index contributed by atoms with van der Waals surface area (Å²) in [5.41, 5.74) is 7.52. The van der Waals surface area contributed by atoms with Gasteiger partial charge in [-0.2, -0.15) is 5.26 Å². The number of nitriles is 1. The summed E-state index contributed by atoms with van der Waals surface area (Å²) in [5, 5.41) is 9.64. The summed E-state index contributed by atoms with van der Waals surface area (Å²) in [4.78, 5) is 25.4. The maximum absolute atomic E-state index is 12.9. The average molecular weight is 333 g/mol. The molecule has 0 aliphatic carbocycles. The molecule has 6 nitrogen and oxygen atoms in total. The number of ether oxygens (including phenoxy) is 1. The molecule has 25 heavy (non-hydrogen) atoms. The summed E-state index contributed by atoms with van der Waals surface area (Å²) < 4.78 is 6.23. The number of rotatable bonds is 3. The van der Waals surface area contributed by atoms with Crippen molar-refractivity contribution < 1.29 is 14.3 Å². The van der Waals surface area contributed by atoms with Crippen LogP contribution in [0.1, 0.15) is 28.5 Å². The third-order valence-corrected chi connectivity index (χ3v) is 3.84.